The van der Waals surface area contributed by atoms with Gasteiger partial charge in [-0.1, -0.05) is 59.3 Å². The van der Waals surface area contributed by atoms with E-state index in [4.69, 9.17) is 9.26 Å². The Bertz CT molecular complexity index is 1410. The molecule has 0 bridgehead atoms. The van der Waals surface area contributed by atoms with E-state index in [9.17, 15) is 9.18 Å². The monoisotopic (exact) mass is 484 g/mol. The molecular formula is C28H25FN4O3. The smallest absolute Gasteiger partial charge is 0.322 e. The van der Waals surface area contributed by atoms with Crippen LogP contribution in [-0.2, 0) is 6.54 Å². The molecule has 0 aliphatic carbocycles. The number of aromatic nitrogens is 2. The zero-order chi connectivity index (χ0) is 25.2. The summed E-state index contributed by atoms with van der Waals surface area (Å²) in [4.78, 5) is 19.5. The molecule has 1 aliphatic heterocycles. The fraction of sp³-hybridized carbons (Fsp3) is 0.179. The molecule has 5 rings (SSSR count). The van der Waals surface area contributed by atoms with Crippen LogP contribution in [0.2, 0.25) is 0 Å². The van der Waals surface area contributed by atoms with Gasteiger partial charge in [0.25, 0.3) is 5.89 Å². The molecule has 1 unspecified atom stereocenters. The van der Waals surface area contributed by atoms with Crippen molar-refractivity contribution in [3.8, 4) is 17.1 Å². The van der Waals surface area contributed by atoms with E-state index in [0.717, 1.165) is 22.3 Å². The Hall–Kier alpha value is -4.46. The normalized spacial score (nSPS) is 15.7. The summed E-state index contributed by atoms with van der Waals surface area (Å²) < 4.78 is 24.4. The number of benzene rings is 3. The molecule has 2 amide bonds. The molecule has 0 radical (unpaired) electrons. The highest BCUT2D eigenvalue weighted by Crippen LogP contribution is 2.38. The van der Waals surface area contributed by atoms with Crippen molar-refractivity contribution in [1.29, 1.82) is 0 Å². The summed E-state index contributed by atoms with van der Waals surface area (Å²) in [6.45, 7) is 4.12. The molecule has 1 aromatic heterocycles. The van der Waals surface area contributed by atoms with Crippen molar-refractivity contribution in [3.05, 3.63) is 107 Å². The van der Waals surface area contributed by atoms with Gasteiger partial charge in [0, 0.05) is 11.3 Å². The van der Waals surface area contributed by atoms with Crippen LogP contribution in [0.5, 0.6) is 5.75 Å². The molecule has 36 heavy (non-hydrogen) atoms. The van der Waals surface area contributed by atoms with Gasteiger partial charge in [-0.15, -0.1) is 0 Å². The first-order valence-electron chi connectivity index (χ1n) is 11.5. The second kappa shape index (κ2) is 9.65. The number of halogens is 1. The Morgan fingerprint density at radius 2 is 1.69 bits per heavy atom. The number of carbonyl (C=O) groups is 1. The summed E-state index contributed by atoms with van der Waals surface area (Å²) in [5, 5.41) is 7.28. The fourth-order valence-electron chi connectivity index (χ4n) is 4.22. The highest BCUT2D eigenvalue weighted by Gasteiger charge is 2.35. The number of amides is 2. The van der Waals surface area contributed by atoms with E-state index in [2.05, 4.69) is 15.5 Å². The number of aryl methyl sites for hydroxylation is 1. The molecule has 0 fully saturated rings. The second-order valence-corrected chi connectivity index (χ2v) is 8.66. The van der Waals surface area contributed by atoms with Gasteiger partial charge in [-0.25, -0.2) is 9.18 Å². The Balaban J connectivity index is 1.58. The SMILES string of the molecule is COc1ccc(C2NC(=O)N(Cc3ccc(F)cc3)C(C)=C2c2nc(-c3ccc(C)cc3)no2)cc1. The van der Waals surface area contributed by atoms with Gasteiger partial charge in [0.05, 0.1) is 25.3 Å². The van der Waals surface area contributed by atoms with E-state index >= 15 is 0 Å². The molecule has 1 N–H and O–H groups in total. The van der Waals surface area contributed by atoms with Crippen molar-refractivity contribution in [2.75, 3.05) is 7.11 Å². The predicted molar refractivity (Wildman–Crippen MR) is 133 cm³/mol. The number of nitrogens with zero attached hydrogens (tertiary/aromatic N) is 3. The maximum atomic E-state index is 13.4. The molecule has 4 aromatic rings. The number of ether oxygens (including phenoxy) is 1. The third kappa shape index (κ3) is 4.57. The predicted octanol–water partition coefficient (Wildman–Crippen LogP) is 5.89. The first kappa shape index (κ1) is 23.3. The van der Waals surface area contributed by atoms with Crippen LogP contribution in [0.1, 0.15) is 35.5 Å². The lowest BCUT2D eigenvalue weighted by Crippen LogP contribution is -2.45. The van der Waals surface area contributed by atoms with E-state index in [1.807, 2.05) is 62.4 Å². The molecule has 0 saturated heterocycles. The zero-order valence-electron chi connectivity index (χ0n) is 20.2. The van der Waals surface area contributed by atoms with Gasteiger partial charge < -0.3 is 14.6 Å². The summed E-state index contributed by atoms with van der Waals surface area (Å²) in [5.74, 6) is 1.15. The average Bonchev–Trinajstić information content (AvgIpc) is 3.37. The Labute approximate surface area is 208 Å². The van der Waals surface area contributed by atoms with E-state index in [1.54, 1.807) is 24.1 Å². The summed E-state index contributed by atoms with van der Waals surface area (Å²) in [6.07, 6.45) is 0. The number of carbonyl (C=O) groups excluding carboxylic acids is 1. The van der Waals surface area contributed by atoms with Crippen molar-refractivity contribution < 1.29 is 18.4 Å². The van der Waals surface area contributed by atoms with Crippen LogP contribution >= 0.6 is 0 Å². The third-order valence-corrected chi connectivity index (χ3v) is 6.27. The topological polar surface area (TPSA) is 80.5 Å². The Kier molecular flexibility index (Phi) is 6.25. The second-order valence-electron chi connectivity index (χ2n) is 8.66. The minimum atomic E-state index is -0.515. The van der Waals surface area contributed by atoms with Crippen molar-refractivity contribution >= 4 is 11.6 Å². The largest absolute Gasteiger partial charge is 0.497 e. The van der Waals surface area contributed by atoms with Crippen molar-refractivity contribution in [2.24, 2.45) is 0 Å². The van der Waals surface area contributed by atoms with Crippen LogP contribution in [0.25, 0.3) is 17.0 Å². The number of nitrogens with one attached hydrogen (secondary N) is 1. The van der Waals surface area contributed by atoms with Gasteiger partial charge in [-0.05, 0) is 49.2 Å². The van der Waals surface area contributed by atoms with Crippen molar-refractivity contribution in [3.63, 3.8) is 0 Å². The molecule has 1 aliphatic rings. The zero-order valence-corrected chi connectivity index (χ0v) is 20.2. The average molecular weight is 485 g/mol. The molecule has 8 heteroatoms. The molecule has 0 saturated carbocycles. The van der Waals surface area contributed by atoms with Crippen LogP contribution in [0.15, 0.2) is 83.0 Å². The molecule has 0 spiro atoms. The fourth-order valence-corrected chi connectivity index (χ4v) is 4.22. The van der Waals surface area contributed by atoms with Gasteiger partial charge in [0.1, 0.15) is 11.6 Å². The molecular weight excluding hydrogens is 459 g/mol. The van der Waals surface area contributed by atoms with E-state index in [1.165, 1.54) is 12.1 Å². The van der Waals surface area contributed by atoms with Gasteiger partial charge in [0.15, 0.2) is 0 Å². The highest BCUT2D eigenvalue weighted by atomic mass is 19.1. The number of urea groups is 1. The molecule has 3 aromatic carbocycles. The van der Waals surface area contributed by atoms with Crippen LogP contribution in [0, 0.1) is 12.7 Å². The van der Waals surface area contributed by atoms with Crippen LogP contribution in [-0.4, -0.2) is 28.2 Å². The maximum absolute atomic E-state index is 13.4. The van der Waals surface area contributed by atoms with E-state index < -0.39 is 6.04 Å². The quantitative estimate of drug-likeness (QED) is 0.369. The summed E-state index contributed by atoms with van der Waals surface area (Å²) >= 11 is 0. The standard InChI is InChI=1S/C28H25FN4O3/c1-17-4-8-21(9-5-17)26-31-27(36-32-26)24-18(2)33(16-19-6-12-22(29)13-7-19)28(34)30-25(24)20-10-14-23(35-3)15-11-20/h4-15,25H,16H2,1-3H3,(H,30,34). The molecule has 1 atom stereocenters. The van der Waals surface area contributed by atoms with Gasteiger partial charge in [-0.3, -0.25) is 4.90 Å². The van der Waals surface area contributed by atoms with Crippen molar-refractivity contribution in [1.82, 2.24) is 20.4 Å². The van der Waals surface area contributed by atoms with Crippen LogP contribution in [0.3, 0.4) is 0 Å². The first-order valence-corrected chi connectivity index (χ1v) is 11.5. The first-order chi connectivity index (χ1) is 17.4. The van der Waals surface area contributed by atoms with Crippen LogP contribution < -0.4 is 10.1 Å². The lowest BCUT2D eigenvalue weighted by atomic mass is 9.94. The summed E-state index contributed by atoms with van der Waals surface area (Å²) in [6, 6.07) is 20.6. The molecule has 182 valence electrons. The number of hydrogen-bond acceptors (Lipinski definition) is 5. The third-order valence-electron chi connectivity index (χ3n) is 6.27. The molecule has 7 nitrogen and oxygen atoms in total. The van der Waals surface area contributed by atoms with Gasteiger partial charge in [0.2, 0.25) is 5.82 Å². The number of rotatable bonds is 6. The lowest BCUT2D eigenvalue weighted by molar-refractivity contribution is 0.203. The lowest BCUT2D eigenvalue weighted by Gasteiger charge is -2.35. The van der Waals surface area contributed by atoms with Gasteiger partial charge in [-0.2, -0.15) is 4.98 Å². The number of methoxy groups -OCH3 is 1. The van der Waals surface area contributed by atoms with Gasteiger partial charge >= 0.3 is 6.03 Å². The maximum Gasteiger partial charge on any atom is 0.322 e. The Morgan fingerprint density at radius 1 is 1.00 bits per heavy atom. The Morgan fingerprint density at radius 3 is 2.36 bits per heavy atom. The minimum absolute atomic E-state index is 0.260. The number of hydrogen-bond donors (Lipinski definition) is 1. The van der Waals surface area contributed by atoms with Crippen molar-refractivity contribution in [2.45, 2.75) is 26.4 Å². The van der Waals surface area contributed by atoms with E-state index in [0.29, 0.717) is 28.7 Å². The molecule has 2 heterocycles. The highest BCUT2D eigenvalue weighted by molar-refractivity contribution is 5.87. The summed E-state index contributed by atoms with van der Waals surface area (Å²) in [5.41, 5.74) is 4.95. The van der Waals surface area contributed by atoms with E-state index in [-0.39, 0.29) is 18.4 Å². The minimum Gasteiger partial charge on any atom is -0.497 e. The number of allylic oxidation sites excluding steroid dienone is 1. The summed E-state index contributed by atoms with van der Waals surface area (Å²) in [7, 11) is 1.60. The van der Waals surface area contributed by atoms with Crippen LogP contribution in [0.4, 0.5) is 9.18 Å².